The van der Waals surface area contributed by atoms with Crippen LogP contribution in [0.15, 0.2) is 72.2 Å². The van der Waals surface area contributed by atoms with Crippen molar-refractivity contribution < 1.29 is 4.74 Å². The summed E-state index contributed by atoms with van der Waals surface area (Å²) < 4.78 is 5.39. The van der Waals surface area contributed by atoms with Crippen molar-refractivity contribution in [3.8, 4) is 11.3 Å². The van der Waals surface area contributed by atoms with Crippen molar-refractivity contribution >= 4 is 11.5 Å². The Labute approximate surface area is 226 Å². The smallest absolute Gasteiger partial charge is 0.155 e. The molecule has 0 radical (unpaired) electrons. The molecule has 6 nitrogen and oxygen atoms in total. The van der Waals surface area contributed by atoms with Crippen molar-refractivity contribution in [1.29, 1.82) is 0 Å². The third-order valence-corrected chi connectivity index (χ3v) is 8.21. The molecule has 0 amide bonds. The number of rotatable bonds is 9. The third-order valence-electron chi connectivity index (χ3n) is 8.21. The van der Waals surface area contributed by atoms with Gasteiger partial charge in [-0.15, -0.1) is 0 Å². The average Bonchev–Trinajstić information content (AvgIpc) is 2.89. The fourth-order valence-electron chi connectivity index (χ4n) is 5.61. The van der Waals surface area contributed by atoms with Crippen LogP contribution >= 0.6 is 0 Å². The number of ether oxygens (including phenoxy) is 1. The number of allylic oxidation sites excluding steroid dienone is 2. The lowest BCUT2D eigenvalue weighted by Gasteiger charge is -2.43. The number of aromatic nitrogens is 2. The summed E-state index contributed by atoms with van der Waals surface area (Å²) in [5.41, 5.74) is 8.93. The summed E-state index contributed by atoms with van der Waals surface area (Å²) in [6, 6.07) is 18.5. The van der Waals surface area contributed by atoms with E-state index in [2.05, 4.69) is 70.6 Å². The molecule has 1 saturated carbocycles. The summed E-state index contributed by atoms with van der Waals surface area (Å²) in [4.78, 5) is 14.4. The highest BCUT2D eigenvalue weighted by Crippen LogP contribution is 2.33. The molecule has 0 unspecified atom stereocenters. The van der Waals surface area contributed by atoms with Gasteiger partial charge < -0.3 is 15.0 Å². The second-order valence-electron chi connectivity index (χ2n) is 10.8. The molecule has 6 rings (SSSR count). The molecule has 3 fully saturated rings. The summed E-state index contributed by atoms with van der Waals surface area (Å²) in [6.45, 7) is 8.02. The molecular formula is C32H39N5O. The monoisotopic (exact) mass is 509 g/mol. The van der Waals surface area contributed by atoms with Crippen LogP contribution in [0.3, 0.4) is 0 Å². The molecule has 198 valence electrons. The largest absolute Gasteiger partial charge is 0.378 e. The minimum Gasteiger partial charge on any atom is -0.378 e. The van der Waals surface area contributed by atoms with E-state index in [0.717, 1.165) is 75.0 Å². The zero-order valence-corrected chi connectivity index (χ0v) is 22.5. The summed E-state index contributed by atoms with van der Waals surface area (Å²) >= 11 is 0. The normalized spacial score (nSPS) is 18.1. The number of aryl methyl sites for hydroxylation is 1. The molecule has 3 aliphatic rings. The number of anilines is 2. The van der Waals surface area contributed by atoms with Crippen LogP contribution < -0.4 is 10.2 Å². The molecule has 3 heterocycles. The molecule has 0 atom stereocenters. The topological polar surface area (TPSA) is 53.5 Å². The number of nitrogens with one attached hydrogen (secondary N) is 1. The molecule has 0 spiro atoms. The fourth-order valence-corrected chi connectivity index (χ4v) is 5.61. The number of nitrogens with zero attached hydrogens (tertiary/aromatic N) is 4. The van der Waals surface area contributed by atoms with Crippen molar-refractivity contribution in [2.75, 3.05) is 49.6 Å². The molecule has 1 aromatic heterocycles. The second-order valence-corrected chi connectivity index (χ2v) is 10.8. The highest BCUT2D eigenvalue weighted by molar-refractivity contribution is 5.73. The van der Waals surface area contributed by atoms with Crippen molar-refractivity contribution in [1.82, 2.24) is 14.9 Å². The molecule has 6 heteroatoms. The summed E-state index contributed by atoms with van der Waals surface area (Å²) in [6.07, 6.45) is 10.6. The molecular weight excluding hydrogens is 470 g/mol. The van der Waals surface area contributed by atoms with Crippen LogP contribution in [0.2, 0.25) is 0 Å². The Hall–Kier alpha value is -3.22. The van der Waals surface area contributed by atoms with Gasteiger partial charge in [0.05, 0.1) is 19.3 Å². The second kappa shape index (κ2) is 11.7. The lowest BCUT2D eigenvalue weighted by Crippen LogP contribution is -2.56. The van der Waals surface area contributed by atoms with Crippen molar-refractivity contribution in [2.45, 2.75) is 51.5 Å². The minimum atomic E-state index is 0.596. The maximum absolute atomic E-state index is 5.39. The molecule has 2 aliphatic heterocycles. The Morgan fingerprint density at radius 2 is 1.61 bits per heavy atom. The van der Waals surface area contributed by atoms with Gasteiger partial charge in [-0.1, -0.05) is 55.3 Å². The average molecular weight is 510 g/mol. The number of hydrogen-bond acceptors (Lipinski definition) is 6. The van der Waals surface area contributed by atoms with E-state index < -0.39 is 0 Å². The van der Waals surface area contributed by atoms with Crippen LogP contribution in [0.5, 0.6) is 0 Å². The lowest BCUT2D eigenvalue weighted by molar-refractivity contribution is -0.0660. The van der Waals surface area contributed by atoms with E-state index in [1.807, 2.05) is 6.20 Å². The first kappa shape index (κ1) is 25.1. The highest BCUT2D eigenvalue weighted by atomic mass is 16.5. The quantitative estimate of drug-likeness (QED) is 0.399. The maximum atomic E-state index is 5.39. The van der Waals surface area contributed by atoms with E-state index in [4.69, 9.17) is 14.7 Å². The van der Waals surface area contributed by atoms with E-state index in [-0.39, 0.29) is 0 Å². The van der Waals surface area contributed by atoms with Gasteiger partial charge >= 0.3 is 0 Å². The van der Waals surface area contributed by atoms with Crippen molar-refractivity contribution in [3.05, 3.63) is 83.3 Å². The van der Waals surface area contributed by atoms with Crippen molar-refractivity contribution in [2.24, 2.45) is 0 Å². The van der Waals surface area contributed by atoms with E-state index in [1.54, 1.807) is 11.8 Å². The highest BCUT2D eigenvalue weighted by Gasteiger charge is 2.30. The number of hydrogen-bond donors (Lipinski definition) is 1. The van der Waals surface area contributed by atoms with Crippen LogP contribution in [0.4, 0.5) is 11.5 Å². The van der Waals surface area contributed by atoms with Crippen LogP contribution in [0, 0.1) is 0 Å². The molecule has 38 heavy (non-hydrogen) atoms. The molecule has 2 saturated heterocycles. The summed E-state index contributed by atoms with van der Waals surface area (Å²) in [5, 5.41) is 3.77. The lowest BCUT2D eigenvalue weighted by atomic mass is 9.88. The first-order valence-corrected chi connectivity index (χ1v) is 14.3. The predicted octanol–water partition coefficient (Wildman–Crippen LogP) is 5.71. The summed E-state index contributed by atoms with van der Waals surface area (Å²) in [5.74, 6) is 0.988. The summed E-state index contributed by atoms with van der Waals surface area (Å²) in [7, 11) is 0. The fraction of sp³-hybridized carbons (Fsp3) is 0.438. The zero-order chi connectivity index (χ0) is 25.7. The van der Waals surface area contributed by atoms with Gasteiger partial charge in [0.2, 0.25) is 0 Å². The van der Waals surface area contributed by atoms with Crippen LogP contribution in [-0.4, -0.2) is 60.3 Å². The Kier molecular flexibility index (Phi) is 7.70. The van der Waals surface area contributed by atoms with Gasteiger partial charge in [0, 0.05) is 61.9 Å². The van der Waals surface area contributed by atoms with Crippen LogP contribution in [-0.2, 0) is 17.6 Å². The number of benzene rings is 2. The molecule has 0 bridgehead atoms. The van der Waals surface area contributed by atoms with Crippen molar-refractivity contribution in [3.63, 3.8) is 0 Å². The van der Waals surface area contributed by atoms with E-state index in [9.17, 15) is 0 Å². The molecule has 1 N–H and O–H groups in total. The van der Waals surface area contributed by atoms with Gasteiger partial charge in [0.1, 0.15) is 5.69 Å². The van der Waals surface area contributed by atoms with E-state index in [0.29, 0.717) is 6.04 Å². The Bertz CT molecular complexity index is 1240. The zero-order valence-electron chi connectivity index (χ0n) is 22.5. The van der Waals surface area contributed by atoms with Gasteiger partial charge in [-0.25, -0.2) is 4.98 Å². The number of piperazine rings is 1. The standard InChI is InChI=1S/C32H39N5O/c1-2-4-24-7-9-25(10-8-24)21-30(26-5-3-6-26)35-28-13-11-27(12-14-28)31-32(34-16-15-33-31)37-19-17-36(18-20-37)29-22-38-23-29/h7-16,29,35H,2-6,17-23H2,1H3. The minimum absolute atomic E-state index is 0.596. The predicted molar refractivity (Wildman–Crippen MR) is 155 cm³/mol. The first-order chi connectivity index (χ1) is 18.8. The van der Waals surface area contributed by atoms with Crippen LogP contribution in [0.25, 0.3) is 11.3 Å². The van der Waals surface area contributed by atoms with Crippen LogP contribution in [0.1, 0.15) is 43.7 Å². The van der Waals surface area contributed by atoms with Gasteiger partial charge in [-0.2, -0.15) is 0 Å². The van der Waals surface area contributed by atoms with Gasteiger partial charge in [-0.05, 0) is 48.9 Å². The van der Waals surface area contributed by atoms with E-state index in [1.165, 1.54) is 42.5 Å². The maximum Gasteiger partial charge on any atom is 0.155 e. The third kappa shape index (κ3) is 5.62. The van der Waals surface area contributed by atoms with Gasteiger partial charge in [0.25, 0.3) is 0 Å². The van der Waals surface area contributed by atoms with E-state index >= 15 is 0 Å². The Morgan fingerprint density at radius 3 is 2.24 bits per heavy atom. The molecule has 1 aliphatic carbocycles. The Morgan fingerprint density at radius 1 is 0.895 bits per heavy atom. The van der Waals surface area contributed by atoms with Gasteiger partial charge in [-0.3, -0.25) is 9.88 Å². The SMILES string of the molecule is CCCc1ccc(CC(Nc2ccc(-c3nccnc3N3CCN(C4COC4)CC3)cc2)=C2CCC2)cc1. The Balaban J connectivity index is 1.14. The molecule has 3 aromatic rings. The molecule has 2 aromatic carbocycles. The van der Waals surface area contributed by atoms with Gasteiger partial charge in [0.15, 0.2) is 5.82 Å². The first-order valence-electron chi connectivity index (χ1n) is 14.3.